The molecule has 7 nitrogen and oxygen atoms in total. The van der Waals surface area contributed by atoms with Crippen LogP contribution in [0, 0.1) is 0 Å². The molecule has 5 aromatic rings. The SMILES string of the molecule is c1ccc(-n2ncc3c(Nc4ccc5[nH]ncc5c4)ncnc32)cc1. The average molecular weight is 327 g/mol. The molecule has 0 fully saturated rings. The standard InChI is InChI=1S/C18H13N7/c1-2-4-14(5-3-1)25-18-15(10-22-25)17(19-11-20-18)23-13-6-7-16-12(8-13)9-21-24-16/h1-11H,(H,21,24)(H,19,20,23). The number of para-hydroxylation sites is 1. The second-order valence-electron chi connectivity index (χ2n) is 5.65. The minimum atomic E-state index is 0.718. The number of aromatic nitrogens is 6. The number of nitrogens with zero attached hydrogens (tertiary/aromatic N) is 5. The van der Waals surface area contributed by atoms with Crippen molar-refractivity contribution in [1.29, 1.82) is 0 Å². The van der Waals surface area contributed by atoms with E-state index in [-0.39, 0.29) is 0 Å². The highest BCUT2D eigenvalue weighted by atomic mass is 15.3. The largest absolute Gasteiger partial charge is 0.339 e. The highest BCUT2D eigenvalue weighted by molar-refractivity contribution is 5.90. The number of hydrogen-bond donors (Lipinski definition) is 2. The van der Waals surface area contributed by atoms with Crippen molar-refractivity contribution in [2.75, 3.05) is 5.32 Å². The van der Waals surface area contributed by atoms with Gasteiger partial charge in [0, 0.05) is 11.1 Å². The molecular formula is C18H13N7. The van der Waals surface area contributed by atoms with E-state index in [0.717, 1.165) is 39.1 Å². The fraction of sp³-hybridized carbons (Fsp3) is 0. The van der Waals surface area contributed by atoms with Gasteiger partial charge in [0.25, 0.3) is 0 Å². The smallest absolute Gasteiger partial charge is 0.168 e. The molecule has 3 aromatic heterocycles. The summed E-state index contributed by atoms with van der Waals surface area (Å²) in [4.78, 5) is 8.77. The first-order chi connectivity index (χ1) is 12.4. The number of fused-ring (bicyclic) bond motifs is 2. The molecule has 2 N–H and O–H groups in total. The summed E-state index contributed by atoms with van der Waals surface area (Å²) in [7, 11) is 0. The molecule has 0 saturated heterocycles. The van der Waals surface area contributed by atoms with Crippen molar-refractivity contribution >= 4 is 33.4 Å². The third-order valence-corrected chi connectivity index (χ3v) is 4.07. The molecule has 5 rings (SSSR count). The van der Waals surface area contributed by atoms with Gasteiger partial charge in [0.15, 0.2) is 5.65 Å². The number of H-pyrrole nitrogens is 1. The summed E-state index contributed by atoms with van der Waals surface area (Å²) in [5.74, 6) is 0.718. The van der Waals surface area contributed by atoms with E-state index in [1.807, 2.05) is 53.2 Å². The maximum Gasteiger partial charge on any atom is 0.168 e. The summed E-state index contributed by atoms with van der Waals surface area (Å²) in [5, 5.41) is 16.7. The van der Waals surface area contributed by atoms with E-state index < -0.39 is 0 Å². The van der Waals surface area contributed by atoms with Gasteiger partial charge in [-0.2, -0.15) is 10.2 Å². The van der Waals surface area contributed by atoms with Crippen LogP contribution in [0.1, 0.15) is 0 Å². The van der Waals surface area contributed by atoms with E-state index in [1.54, 1.807) is 18.7 Å². The maximum atomic E-state index is 4.47. The quantitative estimate of drug-likeness (QED) is 0.530. The molecule has 0 saturated carbocycles. The van der Waals surface area contributed by atoms with Gasteiger partial charge in [0.1, 0.15) is 12.1 Å². The number of anilines is 2. The fourth-order valence-corrected chi connectivity index (χ4v) is 2.86. The van der Waals surface area contributed by atoms with Crippen LogP contribution in [0.4, 0.5) is 11.5 Å². The van der Waals surface area contributed by atoms with Crippen LogP contribution in [0.2, 0.25) is 0 Å². The van der Waals surface area contributed by atoms with Crippen LogP contribution in [-0.2, 0) is 0 Å². The molecule has 120 valence electrons. The van der Waals surface area contributed by atoms with Crippen molar-refractivity contribution in [3.63, 3.8) is 0 Å². The zero-order valence-electron chi connectivity index (χ0n) is 13.1. The lowest BCUT2D eigenvalue weighted by Gasteiger charge is -2.07. The molecule has 0 atom stereocenters. The normalized spacial score (nSPS) is 11.2. The number of rotatable bonds is 3. The molecule has 0 bridgehead atoms. The highest BCUT2D eigenvalue weighted by Gasteiger charge is 2.11. The van der Waals surface area contributed by atoms with Crippen LogP contribution in [0.3, 0.4) is 0 Å². The number of aromatic amines is 1. The first-order valence-electron chi connectivity index (χ1n) is 7.83. The van der Waals surface area contributed by atoms with Gasteiger partial charge < -0.3 is 5.32 Å². The number of benzene rings is 2. The zero-order chi connectivity index (χ0) is 16.6. The summed E-state index contributed by atoms with van der Waals surface area (Å²) in [6.07, 6.45) is 5.12. The predicted molar refractivity (Wildman–Crippen MR) is 96.0 cm³/mol. The molecule has 0 radical (unpaired) electrons. The average Bonchev–Trinajstić information content (AvgIpc) is 3.29. The molecule has 0 amide bonds. The molecule has 25 heavy (non-hydrogen) atoms. The Labute approximate surface area is 142 Å². The van der Waals surface area contributed by atoms with Crippen LogP contribution in [0.25, 0.3) is 27.6 Å². The molecule has 7 heteroatoms. The van der Waals surface area contributed by atoms with Crippen molar-refractivity contribution in [1.82, 2.24) is 29.9 Å². The Kier molecular flexibility index (Phi) is 2.96. The molecule has 3 heterocycles. The summed E-state index contributed by atoms with van der Waals surface area (Å²) in [6.45, 7) is 0. The monoisotopic (exact) mass is 327 g/mol. The van der Waals surface area contributed by atoms with Gasteiger partial charge in [-0.1, -0.05) is 18.2 Å². The van der Waals surface area contributed by atoms with Gasteiger partial charge >= 0.3 is 0 Å². The van der Waals surface area contributed by atoms with Gasteiger partial charge in [0.05, 0.1) is 29.0 Å². The molecule has 0 unspecified atom stereocenters. The van der Waals surface area contributed by atoms with Crippen molar-refractivity contribution in [3.8, 4) is 5.69 Å². The predicted octanol–water partition coefficient (Wildman–Crippen LogP) is 3.44. The molecule has 0 aliphatic carbocycles. The summed E-state index contributed by atoms with van der Waals surface area (Å²) >= 11 is 0. The van der Waals surface area contributed by atoms with E-state index >= 15 is 0 Å². The molecular weight excluding hydrogens is 314 g/mol. The van der Waals surface area contributed by atoms with Crippen molar-refractivity contribution in [2.24, 2.45) is 0 Å². The first-order valence-corrected chi connectivity index (χ1v) is 7.83. The third kappa shape index (κ3) is 2.29. The molecule has 0 aliphatic rings. The highest BCUT2D eigenvalue weighted by Crippen LogP contribution is 2.25. The fourth-order valence-electron chi connectivity index (χ4n) is 2.86. The van der Waals surface area contributed by atoms with Gasteiger partial charge in [0.2, 0.25) is 0 Å². The lowest BCUT2D eigenvalue weighted by atomic mass is 10.2. The van der Waals surface area contributed by atoms with E-state index in [4.69, 9.17) is 0 Å². The van der Waals surface area contributed by atoms with Crippen LogP contribution in [0.15, 0.2) is 67.3 Å². The van der Waals surface area contributed by atoms with Crippen molar-refractivity contribution in [2.45, 2.75) is 0 Å². The zero-order valence-corrected chi connectivity index (χ0v) is 13.1. The second-order valence-corrected chi connectivity index (χ2v) is 5.65. The van der Waals surface area contributed by atoms with Crippen LogP contribution >= 0.6 is 0 Å². The Morgan fingerprint density at radius 3 is 2.80 bits per heavy atom. The first kappa shape index (κ1) is 13.7. The summed E-state index contributed by atoms with van der Waals surface area (Å²) < 4.78 is 1.81. The Bertz CT molecular complexity index is 1170. The minimum Gasteiger partial charge on any atom is -0.339 e. The lowest BCUT2D eigenvalue weighted by Crippen LogP contribution is -1.99. The molecule has 0 spiro atoms. The van der Waals surface area contributed by atoms with E-state index in [2.05, 4.69) is 30.6 Å². The summed E-state index contributed by atoms with van der Waals surface area (Å²) in [5.41, 5.74) is 3.65. The Hall–Kier alpha value is -3.74. The Morgan fingerprint density at radius 2 is 1.88 bits per heavy atom. The Balaban J connectivity index is 1.58. The van der Waals surface area contributed by atoms with E-state index in [1.165, 1.54) is 0 Å². The molecule has 0 aliphatic heterocycles. The van der Waals surface area contributed by atoms with E-state index in [9.17, 15) is 0 Å². The third-order valence-electron chi connectivity index (χ3n) is 4.07. The lowest BCUT2D eigenvalue weighted by molar-refractivity contribution is 0.895. The van der Waals surface area contributed by atoms with E-state index in [0.29, 0.717) is 0 Å². The number of hydrogen-bond acceptors (Lipinski definition) is 5. The minimum absolute atomic E-state index is 0.718. The summed E-state index contributed by atoms with van der Waals surface area (Å²) in [6, 6.07) is 15.9. The van der Waals surface area contributed by atoms with Gasteiger partial charge in [-0.05, 0) is 30.3 Å². The Morgan fingerprint density at radius 1 is 0.960 bits per heavy atom. The topological polar surface area (TPSA) is 84.3 Å². The van der Waals surface area contributed by atoms with Crippen LogP contribution in [0.5, 0.6) is 0 Å². The molecule has 2 aromatic carbocycles. The van der Waals surface area contributed by atoms with Crippen LogP contribution in [-0.4, -0.2) is 29.9 Å². The van der Waals surface area contributed by atoms with Crippen molar-refractivity contribution in [3.05, 3.63) is 67.3 Å². The second kappa shape index (κ2) is 5.41. The van der Waals surface area contributed by atoms with Gasteiger partial charge in [-0.3, -0.25) is 5.10 Å². The van der Waals surface area contributed by atoms with Crippen LogP contribution < -0.4 is 5.32 Å². The maximum absolute atomic E-state index is 4.47. The van der Waals surface area contributed by atoms with Gasteiger partial charge in [-0.25, -0.2) is 14.6 Å². The van der Waals surface area contributed by atoms with Crippen molar-refractivity contribution < 1.29 is 0 Å². The number of nitrogens with one attached hydrogen (secondary N) is 2. The van der Waals surface area contributed by atoms with Gasteiger partial charge in [-0.15, -0.1) is 0 Å².